The maximum atomic E-state index is 12.3. The summed E-state index contributed by atoms with van der Waals surface area (Å²) >= 11 is 0. The molecule has 1 unspecified atom stereocenters. The van der Waals surface area contributed by atoms with Crippen molar-refractivity contribution in [3.05, 3.63) is 35.4 Å². The summed E-state index contributed by atoms with van der Waals surface area (Å²) in [4.78, 5) is 3.82. The van der Waals surface area contributed by atoms with Crippen LogP contribution in [0.2, 0.25) is 0 Å². The fourth-order valence-electron chi connectivity index (χ4n) is 2.48. The summed E-state index contributed by atoms with van der Waals surface area (Å²) in [6, 6.07) is 8.89. The summed E-state index contributed by atoms with van der Waals surface area (Å²) < 4.78 is 24.6. The van der Waals surface area contributed by atoms with Crippen LogP contribution in [0.5, 0.6) is 0 Å². The van der Waals surface area contributed by atoms with Crippen molar-refractivity contribution in [1.29, 1.82) is 5.26 Å². The Bertz CT molecular complexity index is 479. The molecule has 1 aromatic rings. The number of benzene rings is 1. The van der Waals surface area contributed by atoms with Gasteiger partial charge in [-0.05, 0) is 17.7 Å². The molecule has 0 bridgehead atoms. The van der Waals surface area contributed by atoms with E-state index in [2.05, 4.69) is 4.90 Å². The molecule has 0 aromatic heterocycles. The number of aliphatic hydroxyl groups is 1. The number of rotatable bonds is 5. The van der Waals surface area contributed by atoms with Crippen LogP contribution in [0, 0.1) is 11.3 Å². The Labute approximate surface area is 123 Å². The van der Waals surface area contributed by atoms with Crippen LogP contribution in [0.4, 0.5) is 8.78 Å². The van der Waals surface area contributed by atoms with Gasteiger partial charge in [0.05, 0.1) is 24.3 Å². The predicted molar refractivity (Wildman–Crippen MR) is 75.0 cm³/mol. The Morgan fingerprint density at radius 2 is 1.57 bits per heavy atom. The van der Waals surface area contributed by atoms with Gasteiger partial charge < -0.3 is 5.11 Å². The van der Waals surface area contributed by atoms with Gasteiger partial charge in [-0.25, -0.2) is 8.78 Å². The van der Waals surface area contributed by atoms with Crippen molar-refractivity contribution in [2.24, 2.45) is 0 Å². The third-order valence-corrected chi connectivity index (χ3v) is 3.72. The molecule has 1 saturated heterocycles. The van der Waals surface area contributed by atoms with E-state index in [1.807, 2.05) is 6.07 Å². The molecular weight excluding hydrogens is 276 g/mol. The van der Waals surface area contributed by atoms with E-state index in [1.54, 1.807) is 29.2 Å². The van der Waals surface area contributed by atoms with Crippen molar-refractivity contribution in [2.45, 2.75) is 12.5 Å². The van der Waals surface area contributed by atoms with E-state index in [0.717, 1.165) is 5.56 Å². The fourth-order valence-corrected chi connectivity index (χ4v) is 2.48. The molecule has 0 amide bonds. The van der Waals surface area contributed by atoms with E-state index < -0.39 is 12.5 Å². The third kappa shape index (κ3) is 4.74. The molecule has 2 rings (SSSR count). The summed E-state index contributed by atoms with van der Waals surface area (Å²) in [6.07, 6.45) is -2.92. The zero-order chi connectivity index (χ0) is 15.2. The van der Waals surface area contributed by atoms with Gasteiger partial charge in [0.15, 0.2) is 0 Å². The minimum Gasteiger partial charge on any atom is -0.387 e. The molecule has 0 aliphatic carbocycles. The Hall–Kier alpha value is -1.55. The van der Waals surface area contributed by atoms with Crippen molar-refractivity contribution in [1.82, 2.24) is 9.80 Å². The number of nitrogens with zero attached hydrogens (tertiary/aromatic N) is 3. The lowest BCUT2D eigenvalue weighted by molar-refractivity contribution is 0.0385. The van der Waals surface area contributed by atoms with Crippen molar-refractivity contribution >= 4 is 0 Å². The number of hydrogen-bond donors (Lipinski definition) is 1. The number of nitriles is 1. The molecule has 1 aliphatic rings. The molecule has 1 aliphatic heterocycles. The van der Waals surface area contributed by atoms with Crippen LogP contribution in [0.1, 0.15) is 17.2 Å². The van der Waals surface area contributed by atoms with Crippen LogP contribution in [0.15, 0.2) is 24.3 Å². The molecule has 21 heavy (non-hydrogen) atoms. The normalized spacial score (nSPS) is 18.6. The molecule has 1 heterocycles. The van der Waals surface area contributed by atoms with E-state index in [0.29, 0.717) is 38.3 Å². The molecular formula is C15H19F2N3O. The van der Waals surface area contributed by atoms with Crippen molar-refractivity contribution in [3.63, 3.8) is 0 Å². The number of aliphatic hydroxyl groups excluding tert-OH is 1. The van der Waals surface area contributed by atoms with E-state index in [-0.39, 0.29) is 6.54 Å². The van der Waals surface area contributed by atoms with Gasteiger partial charge in [-0.2, -0.15) is 5.26 Å². The van der Waals surface area contributed by atoms with Gasteiger partial charge in [-0.1, -0.05) is 12.1 Å². The van der Waals surface area contributed by atoms with Crippen LogP contribution < -0.4 is 0 Å². The van der Waals surface area contributed by atoms with Gasteiger partial charge in [0.25, 0.3) is 6.43 Å². The van der Waals surface area contributed by atoms with Crippen molar-refractivity contribution in [3.8, 4) is 6.07 Å². The van der Waals surface area contributed by atoms with Crippen LogP contribution in [0.25, 0.3) is 0 Å². The zero-order valence-corrected chi connectivity index (χ0v) is 11.8. The SMILES string of the molecule is N#Cc1ccc(C(O)CN2CCN(CC(F)F)CC2)cc1. The highest BCUT2D eigenvalue weighted by atomic mass is 19.3. The van der Waals surface area contributed by atoms with Crippen LogP contribution in [0.3, 0.4) is 0 Å². The topological polar surface area (TPSA) is 50.5 Å². The summed E-state index contributed by atoms with van der Waals surface area (Å²) in [5.41, 5.74) is 1.33. The summed E-state index contributed by atoms with van der Waals surface area (Å²) in [7, 11) is 0. The fraction of sp³-hybridized carbons (Fsp3) is 0.533. The van der Waals surface area contributed by atoms with E-state index in [4.69, 9.17) is 5.26 Å². The maximum absolute atomic E-state index is 12.3. The summed E-state index contributed by atoms with van der Waals surface area (Å²) in [5, 5.41) is 18.9. The molecule has 1 atom stereocenters. The molecule has 1 fully saturated rings. The molecule has 6 heteroatoms. The molecule has 114 valence electrons. The van der Waals surface area contributed by atoms with Gasteiger partial charge >= 0.3 is 0 Å². The highest BCUT2D eigenvalue weighted by molar-refractivity contribution is 5.32. The number of halogens is 2. The lowest BCUT2D eigenvalue weighted by Crippen LogP contribution is -2.48. The smallest absolute Gasteiger partial charge is 0.251 e. The first-order valence-electron chi connectivity index (χ1n) is 6.99. The van der Waals surface area contributed by atoms with Crippen LogP contribution >= 0.6 is 0 Å². The minimum absolute atomic E-state index is 0.175. The number of piperazine rings is 1. The summed E-state index contributed by atoms with van der Waals surface area (Å²) in [5.74, 6) is 0. The van der Waals surface area contributed by atoms with Gasteiger partial charge in [0, 0.05) is 32.7 Å². The first kappa shape index (κ1) is 15.8. The first-order valence-corrected chi connectivity index (χ1v) is 6.99. The monoisotopic (exact) mass is 295 g/mol. The van der Waals surface area contributed by atoms with Gasteiger partial charge in [-0.15, -0.1) is 0 Å². The Balaban J connectivity index is 1.81. The van der Waals surface area contributed by atoms with E-state index >= 15 is 0 Å². The standard InChI is InChI=1S/C15H19F2N3O/c16-15(17)11-20-7-5-19(6-8-20)10-14(21)13-3-1-12(9-18)2-4-13/h1-4,14-15,21H,5-8,10-11H2. The molecule has 0 spiro atoms. The van der Waals surface area contributed by atoms with Crippen LogP contribution in [-0.2, 0) is 0 Å². The molecule has 4 nitrogen and oxygen atoms in total. The highest BCUT2D eigenvalue weighted by Gasteiger charge is 2.21. The maximum Gasteiger partial charge on any atom is 0.251 e. The number of β-amino-alcohol motifs (C(OH)–C–C–N with tert-alkyl or cyclic N) is 1. The molecule has 0 radical (unpaired) electrons. The van der Waals surface area contributed by atoms with Gasteiger partial charge in [-0.3, -0.25) is 9.80 Å². The van der Waals surface area contributed by atoms with Crippen molar-refractivity contribution < 1.29 is 13.9 Å². The lowest BCUT2D eigenvalue weighted by Gasteiger charge is -2.35. The lowest BCUT2D eigenvalue weighted by atomic mass is 10.1. The Morgan fingerprint density at radius 3 is 2.05 bits per heavy atom. The predicted octanol–water partition coefficient (Wildman–Crippen LogP) is 1.47. The Kier molecular flexibility index (Phi) is 5.62. The molecule has 1 aromatic carbocycles. The second-order valence-electron chi connectivity index (χ2n) is 5.24. The largest absolute Gasteiger partial charge is 0.387 e. The third-order valence-electron chi connectivity index (χ3n) is 3.72. The van der Waals surface area contributed by atoms with E-state index in [9.17, 15) is 13.9 Å². The Morgan fingerprint density at radius 1 is 1.05 bits per heavy atom. The van der Waals surface area contributed by atoms with Crippen LogP contribution in [-0.4, -0.2) is 60.6 Å². The summed E-state index contributed by atoms with van der Waals surface area (Å²) in [6.45, 7) is 2.87. The molecule has 1 N–H and O–H groups in total. The van der Waals surface area contributed by atoms with Gasteiger partial charge in [0.1, 0.15) is 0 Å². The van der Waals surface area contributed by atoms with E-state index in [1.165, 1.54) is 0 Å². The first-order chi connectivity index (χ1) is 10.1. The minimum atomic E-state index is -2.29. The number of hydrogen-bond acceptors (Lipinski definition) is 4. The second kappa shape index (κ2) is 7.46. The zero-order valence-electron chi connectivity index (χ0n) is 11.8. The van der Waals surface area contributed by atoms with Gasteiger partial charge in [0.2, 0.25) is 0 Å². The van der Waals surface area contributed by atoms with Crippen molar-refractivity contribution in [2.75, 3.05) is 39.3 Å². The quantitative estimate of drug-likeness (QED) is 0.894. The second-order valence-corrected chi connectivity index (χ2v) is 5.24. The number of alkyl halides is 2. The highest BCUT2D eigenvalue weighted by Crippen LogP contribution is 2.16. The average molecular weight is 295 g/mol. The average Bonchev–Trinajstić information content (AvgIpc) is 2.49. The molecule has 0 saturated carbocycles.